The lowest BCUT2D eigenvalue weighted by Gasteiger charge is -2.22. The third kappa shape index (κ3) is 6.69. The monoisotopic (exact) mass is 321 g/mol. The first kappa shape index (κ1) is 19.0. The lowest BCUT2D eigenvalue weighted by atomic mass is 10.1. The number of amides is 3. The molecule has 0 atom stereocenters. The molecule has 6 heteroatoms. The third-order valence-corrected chi connectivity index (χ3v) is 3.02. The maximum Gasteiger partial charge on any atom is 0.321 e. The van der Waals surface area contributed by atoms with Gasteiger partial charge in [0.25, 0.3) is 5.91 Å². The minimum Gasteiger partial charge on any atom is -0.395 e. The Morgan fingerprint density at radius 3 is 2.48 bits per heavy atom. The summed E-state index contributed by atoms with van der Waals surface area (Å²) in [6.45, 7) is 8.47. The van der Waals surface area contributed by atoms with Gasteiger partial charge in [-0.25, -0.2) is 4.79 Å². The minimum absolute atomic E-state index is 0.0819. The molecule has 0 spiro atoms. The van der Waals surface area contributed by atoms with Gasteiger partial charge in [-0.15, -0.1) is 0 Å². The molecule has 1 aromatic carbocycles. The van der Waals surface area contributed by atoms with E-state index < -0.39 is 0 Å². The smallest absolute Gasteiger partial charge is 0.321 e. The molecule has 3 N–H and O–H groups in total. The van der Waals surface area contributed by atoms with Crippen LogP contribution in [-0.4, -0.2) is 47.2 Å². The summed E-state index contributed by atoms with van der Waals surface area (Å²) in [4.78, 5) is 25.9. The van der Waals surface area contributed by atoms with Crippen LogP contribution in [-0.2, 0) is 0 Å². The molecule has 128 valence electrons. The van der Waals surface area contributed by atoms with Gasteiger partial charge >= 0.3 is 6.03 Å². The molecule has 0 saturated heterocycles. The van der Waals surface area contributed by atoms with E-state index in [4.69, 9.17) is 5.11 Å². The molecule has 0 saturated carbocycles. The predicted molar refractivity (Wildman–Crippen MR) is 91.6 cm³/mol. The summed E-state index contributed by atoms with van der Waals surface area (Å²) in [6.07, 6.45) is 0.807. The molecule has 1 rings (SSSR count). The minimum atomic E-state index is -0.324. The number of benzene rings is 1. The molecule has 0 aliphatic rings. The number of urea groups is 1. The number of hydrogen-bond donors (Lipinski definition) is 3. The number of carbonyl (C=O) groups is 2. The Kier molecular flexibility index (Phi) is 7.03. The molecule has 0 unspecified atom stereocenters. The molecular weight excluding hydrogens is 294 g/mol. The maximum absolute atomic E-state index is 12.2. The van der Waals surface area contributed by atoms with Crippen molar-refractivity contribution < 1.29 is 14.7 Å². The molecule has 0 heterocycles. The fraction of sp³-hybridized carbons (Fsp3) is 0.529. The lowest BCUT2D eigenvalue weighted by molar-refractivity contribution is 0.0919. The van der Waals surface area contributed by atoms with Crippen LogP contribution in [0, 0.1) is 0 Å². The summed E-state index contributed by atoms with van der Waals surface area (Å²) in [5.41, 5.74) is 0.715. The van der Waals surface area contributed by atoms with Crippen molar-refractivity contribution in [1.29, 1.82) is 0 Å². The number of anilines is 1. The van der Waals surface area contributed by atoms with Crippen LogP contribution in [0.1, 0.15) is 44.5 Å². The molecule has 0 aliphatic carbocycles. The Bertz CT molecular complexity index is 532. The first-order valence-corrected chi connectivity index (χ1v) is 7.86. The SMILES string of the molecule is CCCN(CCO)C(=O)Nc1cccc(C(=O)NC(C)(C)C)c1. The number of hydrogen-bond acceptors (Lipinski definition) is 3. The van der Waals surface area contributed by atoms with Gasteiger partial charge in [-0.3, -0.25) is 4.79 Å². The molecular formula is C17H27N3O3. The second-order valence-electron chi connectivity index (χ2n) is 6.43. The topological polar surface area (TPSA) is 81.7 Å². The Morgan fingerprint density at radius 2 is 1.91 bits per heavy atom. The van der Waals surface area contributed by atoms with Gasteiger partial charge in [0.2, 0.25) is 0 Å². The van der Waals surface area contributed by atoms with Gasteiger partial charge in [0.1, 0.15) is 0 Å². The zero-order valence-corrected chi connectivity index (χ0v) is 14.3. The van der Waals surface area contributed by atoms with Gasteiger partial charge in [-0.05, 0) is 45.4 Å². The first-order chi connectivity index (χ1) is 10.8. The van der Waals surface area contributed by atoms with Crippen molar-refractivity contribution in [2.24, 2.45) is 0 Å². The Balaban J connectivity index is 2.80. The summed E-state index contributed by atoms with van der Waals surface area (Å²) in [5.74, 6) is -0.186. The molecule has 1 aromatic rings. The molecule has 23 heavy (non-hydrogen) atoms. The van der Waals surface area contributed by atoms with Crippen LogP contribution < -0.4 is 10.6 Å². The highest BCUT2D eigenvalue weighted by Crippen LogP contribution is 2.13. The summed E-state index contributed by atoms with van der Waals surface area (Å²) in [6, 6.07) is 6.52. The Hall–Kier alpha value is -2.08. The second kappa shape index (κ2) is 8.53. The van der Waals surface area contributed by atoms with Crippen LogP contribution >= 0.6 is 0 Å². The van der Waals surface area contributed by atoms with Crippen molar-refractivity contribution in [3.8, 4) is 0 Å². The van der Waals surface area contributed by atoms with Crippen molar-refractivity contribution in [1.82, 2.24) is 10.2 Å². The number of carbonyl (C=O) groups excluding carboxylic acids is 2. The van der Waals surface area contributed by atoms with Crippen molar-refractivity contribution in [3.63, 3.8) is 0 Å². The average molecular weight is 321 g/mol. The van der Waals surface area contributed by atoms with Crippen LogP contribution in [0.4, 0.5) is 10.5 Å². The van der Waals surface area contributed by atoms with Crippen molar-refractivity contribution in [2.45, 2.75) is 39.7 Å². The van der Waals surface area contributed by atoms with E-state index in [-0.39, 0.29) is 30.6 Å². The van der Waals surface area contributed by atoms with E-state index in [1.807, 2.05) is 27.7 Å². The van der Waals surface area contributed by atoms with Crippen LogP contribution in [0.3, 0.4) is 0 Å². The summed E-state index contributed by atoms with van der Waals surface area (Å²) in [5, 5.41) is 14.7. The number of nitrogens with one attached hydrogen (secondary N) is 2. The normalized spacial score (nSPS) is 11.0. The van der Waals surface area contributed by atoms with Crippen LogP contribution in [0.5, 0.6) is 0 Å². The van der Waals surface area contributed by atoms with Gasteiger partial charge in [-0.1, -0.05) is 13.0 Å². The molecule has 0 bridgehead atoms. The predicted octanol–water partition coefficient (Wildman–Crippen LogP) is 2.45. The summed E-state index contributed by atoms with van der Waals surface area (Å²) < 4.78 is 0. The molecule has 3 amide bonds. The maximum atomic E-state index is 12.2. The summed E-state index contributed by atoms with van der Waals surface area (Å²) in [7, 11) is 0. The molecule has 0 fully saturated rings. The van der Waals surface area contributed by atoms with Crippen LogP contribution in [0.15, 0.2) is 24.3 Å². The molecule has 6 nitrogen and oxygen atoms in total. The number of nitrogens with zero attached hydrogens (tertiary/aromatic N) is 1. The Morgan fingerprint density at radius 1 is 1.22 bits per heavy atom. The van der Waals surface area contributed by atoms with Gasteiger partial charge in [0.05, 0.1) is 6.61 Å². The largest absolute Gasteiger partial charge is 0.395 e. The third-order valence-electron chi connectivity index (χ3n) is 3.02. The standard InChI is InChI=1S/C17H27N3O3/c1-5-9-20(10-11-21)16(23)18-14-8-6-7-13(12-14)15(22)19-17(2,3)4/h6-8,12,21H,5,9-11H2,1-4H3,(H,18,23)(H,19,22). The fourth-order valence-electron chi connectivity index (χ4n) is 2.06. The van der Waals surface area contributed by atoms with Crippen molar-refractivity contribution in [3.05, 3.63) is 29.8 Å². The first-order valence-electron chi connectivity index (χ1n) is 7.86. The second-order valence-corrected chi connectivity index (χ2v) is 6.43. The van der Waals surface area contributed by atoms with E-state index >= 15 is 0 Å². The number of aliphatic hydroxyl groups is 1. The van der Waals surface area contributed by atoms with E-state index in [1.54, 1.807) is 29.2 Å². The zero-order chi connectivity index (χ0) is 17.5. The lowest BCUT2D eigenvalue weighted by Crippen LogP contribution is -2.40. The van der Waals surface area contributed by atoms with E-state index in [9.17, 15) is 9.59 Å². The molecule has 0 radical (unpaired) electrons. The van der Waals surface area contributed by atoms with Crippen LogP contribution in [0.2, 0.25) is 0 Å². The van der Waals surface area contributed by atoms with E-state index in [0.717, 1.165) is 6.42 Å². The molecule has 0 aliphatic heterocycles. The fourth-order valence-corrected chi connectivity index (χ4v) is 2.06. The van der Waals surface area contributed by atoms with Crippen LogP contribution in [0.25, 0.3) is 0 Å². The van der Waals surface area contributed by atoms with Crippen molar-refractivity contribution >= 4 is 17.6 Å². The van der Waals surface area contributed by atoms with E-state index in [2.05, 4.69) is 10.6 Å². The number of rotatable bonds is 6. The highest BCUT2D eigenvalue weighted by Gasteiger charge is 2.16. The van der Waals surface area contributed by atoms with Gasteiger partial charge < -0.3 is 20.6 Å². The highest BCUT2D eigenvalue weighted by molar-refractivity contribution is 5.97. The van der Waals surface area contributed by atoms with Gasteiger partial charge in [0.15, 0.2) is 0 Å². The van der Waals surface area contributed by atoms with E-state index in [1.165, 1.54) is 0 Å². The number of aliphatic hydroxyl groups excluding tert-OH is 1. The zero-order valence-electron chi connectivity index (χ0n) is 14.3. The highest BCUT2D eigenvalue weighted by atomic mass is 16.3. The summed E-state index contributed by atoms with van der Waals surface area (Å²) >= 11 is 0. The van der Waals surface area contributed by atoms with Crippen molar-refractivity contribution in [2.75, 3.05) is 25.0 Å². The van der Waals surface area contributed by atoms with Gasteiger partial charge in [-0.2, -0.15) is 0 Å². The quantitative estimate of drug-likeness (QED) is 0.753. The molecule has 0 aromatic heterocycles. The van der Waals surface area contributed by atoms with E-state index in [0.29, 0.717) is 17.8 Å². The average Bonchev–Trinajstić information content (AvgIpc) is 2.45. The van der Waals surface area contributed by atoms with Gasteiger partial charge in [0, 0.05) is 29.9 Å². The Labute approximate surface area is 137 Å².